The molecule has 1 amide bonds. The third kappa shape index (κ3) is 7.91. The Hall–Kier alpha value is -0.0900. The van der Waals surface area contributed by atoms with E-state index in [2.05, 4.69) is 10.6 Å². The van der Waals surface area contributed by atoms with Crippen molar-refractivity contribution < 1.29 is 4.79 Å². The van der Waals surface area contributed by atoms with E-state index in [-0.39, 0.29) is 22.9 Å². The van der Waals surface area contributed by atoms with Gasteiger partial charge in [0.25, 0.3) is 0 Å². The Morgan fingerprint density at radius 3 is 2.44 bits per heavy atom. The Kier molecular flexibility index (Phi) is 10.3. The monoisotopic (exact) mass is 196 g/mol. The van der Waals surface area contributed by atoms with Crippen molar-refractivity contribution in [2.75, 3.05) is 20.1 Å². The van der Waals surface area contributed by atoms with Crippen LogP contribution >= 0.6 is 17.0 Å². The van der Waals surface area contributed by atoms with Gasteiger partial charge in [0.1, 0.15) is 0 Å². The van der Waals surface area contributed by atoms with Crippen LogP contribution in [0.2, 0.25) is 0 Å². The molecule has 0 aromatic heterocycles. The fourth-order valence-corrected chi connectivity index (χ4v) is 0.420. The lowest BCUT2D eigenvalue weighted by Crippen LogP contribution is -2.31. The van der Waals surface area contributed by atoms with Gasteiger partial charge in [0.15, 0.2) is 0 Å². The molecule has 4 heteroatoms. The predicted molar refractivity (Wildman–Crippen MR) is 42.9 cm³/mol. The van der Waals surface area contributed by atoms with Crippen LogP contribution in [0.15, 0.2) is 0 Å². The largest absolute Gasteiger partial charge is 0.355 e. The third-order valence-corrected chi connectivity index (χ3v) is 0.711. The molecule has 0 rings (SSSR count). The van der Waals surface area contributed by atoms with Crippen molar-refractivity contribution in [1.82, 2.24) is 10.6 Å². The molecular formula is C5H13BrN2O. The van der Waals surface area contributed by atoms with Gasteiger partial charge >= 0.3 is 0 Å². The molecule has 0 aliphatic carbocycles. The molecule has 0 aliphatic rings. The highest BCUT2D eigenvalue weighted by Crippen LogP contribution is 1.58. The molecule has 3 nitrogen and oxygen atoms in total. The number of carbonyl (C=O) groups excluding carboxylic acids is 1. The number of likely N-dealkylation sites (N-methyl/N-ethyl adjacent to an activating group) is 2. The molecule has 0 aromatic rings. The molecule has 0 fully saturated rings. The van der Waals surface area contributed by atoms with Gasteiger partial charge in [0.2, 0.25) is 5.91 Å². The van der Waals surface area contributed by atoms with Crippen LogP contribution in [0.1, 0.15) is 6.92 Å². The molecule has 0 heterocycles. The van der Waals surface area contributed by atoms with Gasteiger partial charge in [-0.1, -0.05) is 0 Å². The van der Waals surface area contributed by atoms with Gasteiger partial charge in [-0.15, -0.1) is 17.0 Å². The molecule has 0 aromatic carbocycles. The summed E-state index contributed by atoms with van der Waals surface area (Å²) in [5.41, 5.74) is 0. The van der Waals surface area contributed by atoms with Crippen molar-refractivity contribution in [3.63, 3.8) is 0 Å². The van der Waals surface area contributed by atoms with Crippen molar-refractivity contribution in [1.29, 1.82) is 0 Å². The van der Waals surface area contributed by atoms with Crippen LogP contribution in [0.4, 0.5) is 0 Å². The van der Waals surface area contributed by atoms with Crippen molar-refractivity contribution >= 4 is 22.9 Å². The topological polar surface area (TPSA) is 41.1 Å². The molecule has 2 N–H and O–H groups in total. The van der Waals surface area contributed by atoms with E-state index in [9.17, 15) is 4.79 Å². The number of halogens is 1. The molecule has 0 saturated carbocycles. The first kappa shape index (κ1) is 11.7. The maximum absolute atomic E-state index is 10.5. The summed E-state index contributed by atoms with van der Waals surface area (Å²) in [5.74, 6) is 0.0509. The first-order chi connectivity index (χ1) is 3.81. The zero-order valence-corrected chi connectivity index (χ0v) is 7.44. The highest BCUT2D eigenvalue weighted by Gasteiger charge is 1.91. The zero-order valence-electron chi connectivity index (χ0n) is 5.73. The summed E-state index contributed by atoms with van der Waals surface area (Å²) in [4.78, 5) is 10.5. The number of hydrogen-bond acceptors (Lipinski definition) is 2. The van der Waals surface area contributed by atoms with E-state index in [0.29, 0.717) is 13.1 Å². The summed E-state index contributed by atoms with van der Waals surface area (Å²) in [6.07, 6.45) is 0. The van der Waals surface area contributed by atoms with E-state index in [4.69, 9.17) is 0 Å². The molecule has 0 bridgehead atoms. The van der Waals surface area contributed by atoms with Crippen molar-refractivity contribution in [2.45, 2.75) is 6.92 Å². The zero-order chi connectivity index (χ0) is 6.41. The van der Waals surface area contributed by atoms with Crippen LogP contribution < -0.4 is 10.6 Å². The molecule has 0 saturated heterocycles. The summed E-state index contributed by atoms with van der Waals surface area (Å²) in [7, 11) is 1.75. The summed E-state index contributed by atoms with van der Waals surface area (Å²) >= 11 is 0. The Bertz CT molecular complexity index is 69.4. The minimum Gasteiger partial charge on any atom is -0.355 e. The highest BCUT2D eigenvalue weighted by atomic mass is 79.9. The first-order valence-corrected chi connectivity index (χ1v) is 2.72. The number of carbonyl (C=O) groups is 1. The quantitative estimate of drug-likeness (QED) is 0.664. The van der Waals surface area contributed by atoms with Crippen molar-refractivity contribution in [3.8, 4) is 0 Å². The number of amides is 1. The third-order valence-electron chi connectivity index (χ3n) is 0.711. The molecule has 0 spiro atoms. The predicted octanol–water partition coefficient (Wildman–Crippen LogP) is -0.0802. The minimum atomic E-state index is 0. The normalized spacial score (nSPS) is 7.78. The first-order valence-electron chi connectivity index (χ1n) is 2.72. The van der Waals surface area contributed by atoms with Crippen LogP contribution in [0.5, 0.6) is 0 Å². The van der Waals surface area contributed by atoms with Gasteiger partial charge in [0, 0.05) is 6.54 Å². The van der Waals surface area contributed by atoms with Crippen LogP contribution in [-0.4, -0.2) is 26.0 Å². The second-order valence-corrected chi connectivity index (χ2v) is 1.48. The highest BCUT2D eigenvalue weighted by molar-refractivity contribution is 8.93. The van der Waals surface area contributed by atoms with E-state index in [1.54, 1.807) is 7.05 Å². The molecule has 0 radical (unpaired) electrons. The molecular weight excluding hydrogens is 184 g/mol. The number of rotatable bonds is 3. The van der Waals surface area contributed by atoms with Crippen LogP contribution in [0.25, 0.3) is 0 Å². The van der Waals surface area contributed by atoms with Crippen LogP contribution in [-0.2, 0) is 4.79 Å². The molecule has 0 aliphatic heterocycles. The van der Waals surface area contributed by atoms with Gasteiger partial charge in [-0.05, 0) is 14.0 Å². The second-order valence-electron chi connectivity index (χ2n) is 1.48. The van der Waals surface area contributed by atoms with Crippen molar-refractivity contribution in [2.24, 2.45) is 0 Å². The van der Waals surface area contributed by atoms with Gasteiger partial charge in [-0.3, -0.25) is 4.79 Å². The number of nitrogens with one attached hydrogen (secondary N) is 2. The van der Waals surface area contributed by atoms with Gasteiger partial charge in [0.05, 0.1) is 6.54 Å². The average Bonchev–Trinajstić information content (AvgIpc) is 1.68. The smallest absolute Gasteiger partial charge is 0.233 e. The van der Waals surface area contributed by atoms with E-state index in [1.165, 1.54) is 0 Å². The SMILES string of the molecule is Br.CCNC(=O)CNC. The van der Waals surface area contributed by atoms with E-state index in [0.717, 1.165) is 0 Å². The standard InChI is InChI=1S/C5H12N2O.BrH/c1-3-7-5(8)4-6-2;/h6H,3-4H2,1-2H3,(H,7,8);1H. The molecule has 56 valence electrons. The van der Waals surface area contributed by atoms with E-state index >= 15 is 0 Å². The maximum Gasteiger partial charge on any atom is 0.233 e. The second kappa shape index (κ2) is 7.91. The summed E-state index contributed by atoms with van der Waals surface area (Å²) in [6, 6.07) is 0. The summed E-state index contributed by atoms with van der Waals surface area (Å²) in [6.45, 7) is 3.02. The lowest BCUT2D eigenvalue weighted by molar-refractivity contribution is -0.120. The van der Waals surface area contributed by atoms with Crippen LogP contribution in [0.3, 0.4) is 0 Å². The Morgan fingerprint density at radius 2 is 2.11 bits per heavy atom. The minimum absolute atomic E-state index is 0. The van der Waals surface area contributed by atoms with Gasteiger partial charge in [-0.25, -0.2) is 0 Å². The van der Waals surface area contributed by atoms with E-state index < -0.39 is 0 Å². The molecule has 0 unspecified atom stereocenters. The van der Waals surface area contributed by atoms with Crippen LogP contribution in [0, 0.1) is 0 Å². The lowest BCUT2D eigenvalue weighted by atomic mass is 10.6. The summed E-state index contributed by atoms with van der Waals surface area (Å²) in [5, 5.41) is 5.39. The number of hydrogen-bond donors (Lipinski definition) is 2. The maximum atomic E-state index is 10.5. The molecule has 9 heavy (non-hydrogen) atoms. The van der Waals surface area contributed by atoms with Gasteiger partial charge in [-0.2, -0.15) is 0 Å². The van der Waals surface area contributed by atoms with E-state index in [1.807, 2.05) is 6.92 Å². The molecule has 0 atom stereocenters. The fourth-order valence-electron chi connectivity index (χ4n) is 0.420. The fraction of sp³-hybridized carbons (Fsp3) is 0.800. The van der Waals surface area contributed by atoms with Gasteiger partial charge < -0.3 is 10.6 Å². The average molecular weight is 197 g/mol. The Balaban J connectivity index is 0. The lowest BCUT2D eigenvalue weighted by Gasteiger charge is -1.97. The Labute approximate surface area is 66.0 Å². The summed E-state index contributed by atoms with van der Waals surface area (Å²) < 4.78 is 0. The van der Waals surface area contributed by atoms with Crippen molar-refractivity contribution in [3.05, 3.63) is 0 Å². The Morgan fingerprint density at radius 1 is 1.56 bits per heavy atom.